The summed E-state index contributed by atoms with van der Waals surface area (Å²) in [6.45, 7) is 14.5. The summed E-state index contributed by atoms with van der Waals surface area (Å²) < 4.78 is 11.7. The number of hydrogen-bond acceptors (Lipinski definition) is 6. The zero-order valence-electron chi connectivity index (χ0n) is 25.3. The highest BCUT2D eigenvalue weighted by Crippen LogP contribution is 2.40. The molecule has 0 atom stereocenters. The molecule has 0 unspecified atom stereocenters. The van der Waals surface area contributed by atoms with E-state index in [1.165, 1.54) is 6.92 Å². The van der Waals surface area contributed by atoms with Crippen molar-refractivity contribution in [3.8, 4) is 11.5 Å². The number of amidine groups is 1. The minimum atomic E-state index is -1.12. The molecular formula is C32H43N3O6. The summed E-state index contributed by atoms with van der Waals surface area (Å²) in [7, 11) is 0. The van der Waals surface area contributed by atoms with E-state index in [9.17, 15) is 19.5 Å². The number of carboxylic acid groups (broad SMARTS) is 1. The molecule has 1 aliphatic heterocycles. The van der Waals surface area contributed by atoms with Crippen LogP contribution in [0, 0.1) is 5.41 Å². The van der Waals surface area contributed by atoms with Gasteiger partial charge in [-0.1, -0.05) is 53.7 Å². The molecule has 1 aliphatic rings. The van der Waals surface area contributed by atoms with Crippen LogP contribution in [-0.2, 0) is 27.0 Å². The van der Waals surface area contributed by atoms with Gasteiger partial charge in [-0.2, -0.15) is 0 Å². The van der Waals surface area contributed by atoms with Gasteiger partial charge in [0.2, 0.25) is 5.91 Å². The number of benzene rings is 2. The standard InChI is InChI=1S/C32H43N3O6/c1-20(36)34-12-8-9-13-40-27-15-22(14-25(32(5,6)7)29(27)41-19-28(38)39)26(37)18-35-17-21-10-11-23(31(2,3)4)16-24(21)30(35)33/h10-11,14-16,33H,8-9,12-13,17-19H2,1-7H3,(H,34,36)(H,38,39). The molecule has 2 aromatic carbocycles. The molecule has 9 heteroatoms. The Morgan fingerprint density at radius 1 is 1.00 bits per heavy atom. The highest BCUT2D eigenvalue weighted by Gasteiger charge is 2.30. The molecule has 0 fully saturated rings. The number of ether oxygens (including phenoxy) is 2. The molecule has 0 saturated heterocycles. The van der Waals surface area contributed by atoms with Gasteiger partial charge < -0.3 is 24.8 Å². The van der Waals surface area contributed by atoms with Gasteiger partial charge in [-0.3, -0.25) is 15.0 Å². The van der Waals surface area contributed by atoms with E-state index in [1.807, 2.05) is 32.9 Å². The summed E-state index contributed by atoms with van der Waals surface area (Å²) in [6, 6.07) is 9.52. The Balaban J connectivity index is 1.87. The van der Waals surface area contributed by atoms with Crippen molar-refractivity contribution in [2.24, 2.45) is 0 Å². The maximum atomic E-state index is 13.6. The number of aliphatic carboxylic acids is 1. The summed E-state index contributed by atoms with van der Waals surface area (Å²) in [5.74, 6) is -0.462. The Hall–Kier alpha value is -3.88. The van der Waals surface area contributed by atoms with Crippen molar-refractivity contribution in [2.45, 2.75) is 78.7 Å². The fourth-order valence-corrected chi connectivity index (χ4v) is 4.64. The smallest absolute Gasteiger partial charge is 0.341 e. The van der Waals surface area contributed by atoms with E-state index in [1.54, 1.807) is 17.0 Å². The Kier molecular flexibility index (Phi) is 9.84. The summed E-state index contributed by atoms with van der Waals surface area (Å²) in [5.41, 5.74) is 3.55. The third-order valence-corrected chi connectivity index (χ3v) is 6.97. The SMILES string of the molecule is CC(=O)NCCCCOc1cc(C(=O)CN2Cc3ccc(C(C)(C)C)cc3C2=N)cc(C(C)(C)C)c1OCC(=O)O. The third-order valence-electron chi connectivity index (χ3n) is 6.97. The van der Waals surface area contributed by atoms with Gasteiger partial charge in [-0.25, -0.2) is 4.79 Å². The molecule has 0 aromatic heterocycles. The number of unbranched alkanes of at least 4 members (excludes halogenated alkanes) is 1. The lowest BCUT2D eigenvalue weighted by Gasteiger charge is -2.26. The van der Waals surface area contributed by atoms with E-state index in [2.05, 4.69) is 32.2 Å². The van der Waals surface area contributed by atoms with Crippen LogP contribution in [0.3, 0.4) is 0 Å². The summed E-state index contributed by atoms with van der Waals surface area (Å²) in [5, 5.41) is 20.8. The lowest BCUT2D eigenvalue weighted by molar-refractivity contribution is -0.139. The number of amides is 1. The first-order valence-electron chi connectivity index (χ1n) is 14.0. The first-order chi connectivity index (χ1) is 19.1. The van der Waals surface area contributed by atoms with Gasteiger partial charge in [-0.05, 0) is 53.0 Å². The molecule has 2 aromatic rings. The Labute approximate surface area is 242 Å². The van der Waals surface area contributed by atoms with E-state index in [0.29, 0.717) is 61.0 Å². The summed E-state index contributed by atoms with van der Waals surface area (Å²) in [6.07, 6.45) is 1.34. The largest absolute Gasteiger partial charge is 0.490 e. The Morgan fingerprint density at radius 2 is 1.71 bits per heavy atom. The quantitative estimate of drug-likeness (QED) is 0.242. The van der Waals surface area contributed by atoms with Crippen molar-refractivity contribution in [1.29, 1.82) is 5.41 Å². The van der Waals surface area contributed by atoms with Gasteiger partial charge in [0.1, 0.15) is 5.84 Å². The second kappa shape index (κ2) is 12.7. The van der Waals surface area contributed by atoms with Crippen molar-refractivity contribution in [3.05, 3.63) is 58.1 Å². The molecule has 0 spiro atoms. The Bertz CT molecular complexity index is 1320. The molecule has 0 saturated carbocycles. The number of nitrogens with one attached hydrogen (secondary N) is 2. The van der Waals surface area contributed by atoms with Crippen LogP contribution in [-0.4, -0.2) is 59.8 Å². The number of carboxylic acids is 1. The highest BCUT2D eigenvalue weighted by molar-refractivity contribution is 6.05. The average molecular weight is 566 g/mol. The molecule has 222 valence electrons. The van der Waals surface area contributed by atoms with Crippen molar-refractivity contribution >= 4 is 23.5 Å². The predicted molar refractivity (Wildman–Crippen MR) is 158 cm³/mol. The number of carbonyl (C=O) groups excluding carboxylic acids is 2. The molecule has 0 bridgehead atoms. The normalized spacial score (nSPS) is 13.1. The summed E-state index contributed by atoms with van der Waals surface area (Å²) in [4.78, 5) is 37.8. The van der Waals surface area contributed by atoms with Crippen molar-refractivity contribution < 1.29 is 29.0 Å². The zero-order valence-corrected chi connectivity index (χ0v) is 25.3. The van der Waals surface area contributed by atoms with Gasteiger partial charge in [-0.15, -0.1) is 0 Å². The van der Waals surface area contributed by atoms with Gasteiger partial charge in [0, 0.05) is 36.7 Å². The van der Waals surface area contributed by atoms with Crippen LogP contribution in [0.4, 0.5) is 0 Å². The number of carbonyl (C=O) groups is 3. The number of fused-ring (bicyclic) bond motifs is 1. The van der Waals surface area contributed by atoms with Crippen molar-refractivity contribution in [1.82, 2.24) is 10.2 Å². The molecule has 0 aliphatic carbocycles. The molecule has 1 heterocycles. The number of ketones is 1. The van der Waals surface area contributed by atoms with Crippen molar-refractivity contribution in [2.75, 3.05) is 26.3 Å². The highest BCUT2D eigenvalue weighted by atomic mass is 16.5. The topological polar surface area (TPSA) is 129 Å². The minimum Gasteiger partial charge on any atom is -0.490 e. The van der Waals surface area contributed by atoms with E-state index in [4.69, 9.17) is 14.9 Å². The van der Waals surface area contributed by atoms with E-state index in [-0.39, 0.29) is 23.7 Å². The fraction of sp³-hybridized carbons (Fsp3) is 0.500. The monoisotopic (exact) mass is 565 g/mol. The van der Waals surface area contributed by atoms with Gasteiger partial charge in [0.15, 0.2) is 23.9 Å². The van der Waals surface area contributed by atoms with Gasteiger partial charge in [0.25, 0.3) is 0 Å². The molecular weight excluding hydrogens is 522 g/mol. The fourth-order valence-electron chi connectivity index (χ4n) is 4.64. The zero-order chi connectivity index (χ0) is 30.5. The molecule has 0 radical (unpaired) electrons. The van der Waals surface area contributed by atoms with Gasteiger partial charge >= 0.3 is 5.97 Å². The van der Waals surface area contributed by atoms with Crippen LogP contribution in [0.1, 0.15) is 93.9 Å². The van der Waals surface area contributed by atoms with Crippen LogP contribution in [0.15, 0.2) is 30.3 Å². The summed E-state index contributed by atoms with van der Waals surface area (Å²) >= 11 is 0. The molecule has 9 nitrogen and oxygen atoms in total. The van der Waals surface area contributed by atoms with Crippen LogP contribution in [0.5, 0.6) is 11.5 Å². The van der Waals surface area contributed by atoms with E-state index < -0.39 is 18.0 Å². The van der Waals surface area contributed by atoms with Crippen LogP contribution >= 0.6 is 0 Å². The maximum Gasteiger partial charge on any atom is 0.341 e. The molecule has 3 N–H and O–H groups in total. The second-order valence-corrected chi connectivity index (χ2v) is 12.6. The number of nitrogens with zero attached hydrogens (tertiary/aromatic N) is 1. The average Bonchev–Trinajstić information content (AvgIpc) is 3.17. The van der Waals surface area contributed by atoms with Gasteiger partial charge in [0.05, 0.1) is 13.2 Å². The molecule has 1 amide bonds. The van der Waals surface area contributed by atoms with Crippen LogP contribution < -0.4 is 14.8 Å². The lowest BCUT2D eigenvalue weighted by Crippen LogP contribution is -2.30. The van der Waals surface area contributed by atoms with Crippen LogP contribution in [0.25, 0.3) is 0 Å². The Morgan fingerprint density at radius 3 is 2.32 bits per heavy atom. The van der Waals surface area contributed by atoms with E-state index in [0.717, 1.165) is 16.7 Å². The predicted octanol–water partition coefficient (Wildman–Crippen LogP) is 5.06. The maximum absolute atomic E-state index is 13.6. The molecule has 41 heavy (non-hydrogen) atoms. The van der Waals surface area contributed by atoms with Crippen LogP contribution in [0.2, 0.25) is 0 Å². The number of Topliss-reactive ketones (excluding diaryl/α,β-unsaturated/α-hetero) is 1. The minimum absolute atomic E-state index is 0.0213. The third kappa shape index (κ3) is 8.31. The second-order valence-electron chi connectivity index (χ2n) is 12.6. The first kappa shape index (κ1) is 31.6. The molecule has 3 rings (SSSR count). The van der Waals surface area contributed by atoms with Crippen molar-refractivity contribution in [3.63, 3.8) is 0 Å². The first-order valence-corrected chi connectivity index (χ1v) is 14.0. The lowest BCUT2D eigenvalue weighted by atomic mass is 9.84. The number of hydrogen-bond donors (Lipinski definition) is 3. The number of rotatable bonds is 12. The van der Waals surface area contributed by atoms with E-state index >= 15 is 0 Å².